The van der Waals surface area contributed by atoms with Crippen molar-refractivity contribution >= 4 is 17.5 Å². The number of carbonyl (C=O) groups is 3. The van der Waals surface area contributed by atoms with E-state index in [0.29, 0.717) is 19.3 Å². The smallest absolute Gasteiger partial charge is 0.220 e. The summed E-state index contributed by atoms with van der Waals surface area (Å²) in [5, 5.41) is 2.90. The highest BCUT2D eigenvalue weighted by Crippen LogP contribution is 2.14. The van der Waals surface area contributed by atoms with Crippen molar-refractivity contribution in [2.75, 3.05) is 0 Å². The van der Waals surface area contributed by atoms with Crippen LogP contribution in [0, 0.1) is 17.8 Å². The van der Waals surface area contributed by atoms with Crippen LogP contribution in [0.4, 0.5) is 0 Å². The van der Waals surface area contributed by atoms with E-state index in [9.17, 15) is 14.4 Å². The first-order valence-corrected chi connectivity index (χ1v) is 9.10. The number of nitrogens with one attached hydrogen (secondary N) is 1. The minimum Gasteiger partial charge on any atom is -0.346 e. The average molecular weight is 325 g/mol. The van der Waals surface area contributed by atoms with Crippen molar-refractivity contribution in [3.8, 4) is 0 Å². The van der Waals surface area contributed by atoms with E-state index in [-0.39, 0.29) is 35.2 Å². The molecule has 3 atom stereocenters. The third-order valence-electron chi connectivity index (χ3n) is 4.64. The molecule has 0 aromatic heterocycles. The number of hydrogen-bond acceptors (Lipinski definition) is 3. The van der Waals surface area contributed by atoms with E-state index in [1.807, 2.05) is 41.5 Å². The molecule has 23 heavy (non-hydrogen) atoms. The van der Waals surface area contributed by atoms with Gasteiger partial charge in [0.1, 0.15) is 5.78 Å². The first kappa shape index (κ1) is 21.8. The largest absolute Gasteiger partial charge is 0.346 e. The van der Waals surface area contributed by atoms with E-state index in [4.69, 9.17) is 0 Å². The predicted octanol–water partition coefficient (Wildman–Crippen LogP) is 3.92. The molecule has 134 valence electrons. The third-order valence-corrected chi connectivity index (χ3v) is 4.64. The maximum Gasteiger partial charge on any atom is 0.220 e. The van der Waals surface area contributed by atoms with E-state index in [1.54, 1.807) is 0 Å². The van der Waals surface area contributed by atoms with Crippen LogP contribution in [0.3, 0.4) is 0 Å². The highest BCUT2D eigenvalue weighted by Gasteiger charge is 2.27. The van der Waals surface area contributed by atoms with E-state index in [0.717, 1.165) is 19.3 Å². The molecule has 0 aliphatic rings. The van der Waals surface area contributed by atoms with Crippen molar-refractivity contribution in [2.45, 2.75) is 86.1 Å². The molecule has 0 bridgehead atoms. The van der Waals surface area contributed by atoms with Gasteiger partial charge in [0.25, 0.3) is 0 Å². The Bertz CT molecular complexity index is 390. The fourth-order valence-corrected chi connectivity index (χ4v) is 2.39. The molecule has 4 heteroatoms. The van der Waals surface area contributed by atoms with Crippen LogP contribution in [0.2, 0.25) is 0 Å². The molecule has 0 heterocycles. The molecule has 0 aromatic rings. The zero-order valence-corrected chi connectivity index (χ0v) is 15.8. The maximum atomic E-state index is 12.2. The Labute approximate surface area is 141 Å². The highest BCUT2D eigenvalue weighted by atomic mass is 16.2. The van der Waals surface area contributed by atoms with Gasteiger partial charge < -0.3 is 5.32 Å². The standard InChI is InChI=1S/C19H35NO3/c1-7-14(5)16(21)11-9-10-12-17(22)20-18(15(6)8-2)19(23)13(3)4/h13-15,18H,7-12H2,1-6H3,(H,20,22)/t14?,15?,18-/m0/s1. The second-order valence-corrected chi connectivity index (χ2v) is 6.97. The molecular weight excluding hydrogens is 290 g/mol. The molecule has 0 aromatic carbocycles. The van der Waals surface area contributed by atoms with Gasteiger partial charge in [-0.15, -0.1) is 0 Å². The van der Waals surface area contributed by atoms with E-state index >= 15 is 0 Å². The number of Topliss-reactive ketones (excluding diaryl/α,β-unsaturated/α-hetero) is 2. The van der Waals surface area contributed by atoms with Gasteiger partial charge in [-0.2, -0.15) is 0 Å². The summed E-state index contributed by atoms with van der Waals surface area (Å²) < 4.78 is 0. The summed E-state index contributed by atoms with van der Waals surface area (Å²) in [5.74, 6) is 0.464. The number of carbonyl (C=O) groups excluding carboxylic acids is 3. The number of ketones is 2. The van der Waals surface area contributed by atoms with Crippen LogP contribution in [0.25, 0.3) is 0 Å². The van der Waals surface area contributed by atoms with Gasteiger partial charge in [0.2, 0.25) is 5.91 Å². The van der Waals surface area contributed by atoms with E-state index in [1.165, 1.54) is 0 Å². The quantitative estimate of drug-likeness (QED) is 0.553. The van der Waals surface area contributed by atoms with E-state index in [2.05, 4.69) is 5.32 Å². The van der Waals surface area contributed by atoms with Crippen molar-refractivity contribution in [3.05, 3.63) is 0 Å². The van der Waals surface area contributed by atoms with Gasteiger partial charge in [0.05, 0.1) is 6.04 Å². The Morgan fingerprint density at radius 2 is 1.43 bits per heavy atom. The predicted molar refractivity (Wildman–Crippen MR) is 94.2 cm³/mol. The minimum atomic E-state index is -0.394. The van der Waals surface area contributed by atoms with Crippen molar-refractivity contribution in [2.24, 2.45) is 17.8 Å². The fraction of sp³-hybridized carbons (Fsp3) is 0.842. The molecule has 0 spiro atoms. The fourth-order valence-electron chi connectivity index (χ4n) is 2.39. The molecule has 0 radical (unpaired) electrons. The lowest BCUT2D eigenvalue weighted by molar-refractivity contribution is -0.130. The lowest BCUT2D eigenvalue weighted by atomic mass is 9.90. The first-order valence-electron chi connectivity index (χ1n) is 9.10. The molecule has 1 amide bonds. The molecule has 0 aliphatic heterocycles. The monoisotopic (exact) mass is 325 g/mol. The van der Waals surface area contributed by atoms with Gasteiger partial charge in [-0.1, -0.05) is 48.0 Å². The molecule has 0 saturated heterocycles. The van der Waals surface area contributed by atoms with Crippen LogP contribution in [0.1, 0.15) is 80.1 Å². The van der Waals surface area contributed by atoms with Gasteiger partial charge in [0, 0.05) is 24.7 Å². The summed E-state index contributed by atoms with van der Waals surface area (Å²) in [4.78, 5) is 36.1. The lowest BCUT2D eigenvalue weighted by Crippen LogP contribution is -2.46. The van der Waals surface area contributed by atoms with Crippen molar-refractivity contribution in [1.82, 2.24) is 5.32 Å². The van der Waals surface area contributed by atoms with Gasteiger partial charge in [-0.3, -0.25) is 14.4 Å². The summed E-state index contributed by atoms with van der Waals surface area (Å²) in [6, 6.07) is -0.394. The molecule has 0 saturated carbocycles. The Kier molecular flexibility index (Phi) is 10.8. The SMILES string of the molecule is CCC(C)C(=O)CCCCC(=O)N[C@H](C(=O)C(C)C)C(C)CC. The van der Waals surface area contributed by atoms with E-state index < -0.39 is 6.04 Å². The molecule has 0 fully saturated rings. The van der Waals surface area contributed by atoms with Gasteiger partial charge in [-0.25, -0.2) is 0 Å². The Morgan fingerprint density at radius 1 is 0.870 bits per heavy atom. The second-order valence-electron chi connectivity index (χ2n) is 6.97. The number of amides is 1. The Morgan fingerprint density at radius 3 is 1.91 bits per heavy atom. The Balaban J connectivity index is 4.29. The summed E-state index contributed by atoms with van der Waals surface area (Å²) in [6.07, 6.45) is 4.08. The normalized spacial score (nSPS) is 15.1. The van der Waals surface area contributed by atoms with Crippen LogP contribution in [-0.2, 0) is 14.4 Å². The number of rotatable bonds is 12. The van der Waals surface area contributed by atoms with Gasteiger partial charge in [0.15, 0.2) is 5.78 Å². The van der Waals surface area contributed by atoms with Crippen LogP contribution in [0.5, 0.6) is 0 Å². The Hall–Kier alpha value is -1.19. The van der Waals surface area contributed by atoms with Crippen LogP contribution in [-0.4, -0.2) is 23.5 Å². The molecule has 1 N–H and O–H groups in total. The number of unbranched alkanes of at least 4 members (excludes halogenated alkanes) is 1. The topological polar surface area (TPSA) is 63.2 Å². The van der Waals surface area contributed by atoms with Gasteiger partial charge >= 0.3 is 0 Å². The summed E-state index contributed by atoms with van der Waals surface area (Å²) in [7, 11) is 0. The second kappa shape index (κ2) is 11.4. The highest BCUT2D eigenvalue weighted by molar-refractivity contribution is 5.90. The molecular formula is C19H35NO3. The zero-order valence-electron chi connectivity index (χ0n) is 15.8. The summed E-state index contributed by atoms with van der Waals surface area (Å²) in [5.41, 5.74) is 0. The number of hydrogen-bond donors (Lipinski definition) is 1. The van der Waals surface area contributed by atoms with Crippen LogP contribution in [0.15, 0.2) is 0 Å². The first-order chi connectivity index (χ1) is 10.7. The van der Waals surface area contributed by atoms with Crippen molar-refractivity contribution < 1.29 is 14.4 Å². The minimum absolute atomic E-state index is 0.0811. The van der Waals surface area contributed by atoms with Crippen LogP contribution >= 0.6 is 0 Å². The summed E-state index contributed by atoms with van der Waals surface area (Å²) in [6.45, 7) is 11.7. The zero-order chi connectivity index (χ0) is 18.0. The third kappa shape index (κ3) is 8.29. The lowest BCUT2D eigenvalue weighted by Gasteiger charge is -2.24. The van der Waals surface area contributed by atoms with Crippen LogP contribution < -0.4 is 5.32 Å². The average Bonchev–Trinajstić information content (AvgIpc) is 2.53. The molecule has 0 rings (SSSR count). The van der Waals surface area contributed by atoms with Crippen molar-refractivity contribution in [3.63, 3.8) is 0 Å². The van der Waals surface area contributed by atoms with Crippen molar-refractivity contribution in [1.29, 1.82) is 0 Å². The molecule has 0 aliphatic carbocycles. The molecule has 4 nitrogen and oxygen atoms in total. The maximum absolute atomic E-state index is 12.2. The molecule has 2 unspecified atom stereocenters. The summed E-state index contributed by atoms with van der Waals surface area (Å²) >= 11 is 0. The van der Waals surface area contributed by atoms with Gasteiger partial charge in [-0.05, 0) is 25.2 Å².